The van der Waals surface area contributed by atoms with Crippen LogP contribution in [-0.4, -0.2) is 16.6 Å². The van der Waals surface area contributed by atoms with Crippen molar-refractivity contribution in [2.24, 2.45) is 0 Å². The number of anilines is 1. The number of rotatable bonds is 5. The van der Waals surface area contributed by atoms with Crippen LogP contribution in [0.1, 0.15) is 26.8 Å². The van der Waals surface area contributed by atoms with Crippen molar-refractivity contribution >= 4 is 33.1 Å². The molecule has 0 aliphatic heterocycles. The highest BCUT2D eigenvalue weighted by Gasteiger charge is 2.16. The molecule has 136 valence electrons. The predicted octanol–water partition coefficient (Wildman–Crippen LogP) is 4.19. The molecule has 2 aromatic carbocycles. The summed E-state index contributed by atoms with van der Waals surface area (Å²) in [6, 6.07) is 10.9. The number of nitrogens with zero attached hydrogens (tertiary/aromatic N) is 1. The number of hydrogen-bond donors (Lipinski definition) is 1. The minimum Gasteiger partial charge on any atom is -0.481 e. The smallest absolute Gasteiger partial charge is 0.308 e. The van der Waals surface area contributed by atoms with Crippen LogP contribution in [0.3, 0.4) is 0 Å². The molecule has 1 heterocycles. The number of carbonyl (C=O) groups is 1. The third kappa shape index (κ3) is 3.77. The number of nitrogens with one attached hydrogen (secondary N) is 1. The van der Waals surface area contributed by atoms with E-state index in [0.29, 0.717) is 11.4 Å². The van der Waals surface area contributed by atoms with Crippen molar-refractivity contribution in [1.82, 2.24) is 4.57 Å². The first-order valence-electron chi connectivity index (χ1n) is 8.23. The topological polar surface area (TPSA) is 60.3 Å². The van der Waals surface area contributed by atoms with Crippen LogP contribution in [0.4, 0.5) is 10.1 Å². The van der Waals surface area contributed by atoms with Crippen molar-refractivity contribution < 1.29 is 13.9 Å². The summed E-state index contributed by atoms with van der Waals surface area (Å²) in [6.07, 6.45) is -0.754. The van der Waals surface area contributed by atoms with Crippen molar-refractivity contribution in [2.45, 2.75) is 32.9 Å². The molecule has 0 radical (unpaired) electrons. The molecule has 1 unspecified atom stereocenters. The molecule has 3 rings (SSSR count). The van der Waals surface area contributed by atoms with Gasteiger partial charge < -0.3 is 10.1 Å². The number of benzene rings is 2. The molecule has 0 saturated heterocycles. The van der Waals surface area contributed by atoms with Crippen molar-refractivity contribution in [3.05, 3.63) is 57.9 Å². The fraction of sp³-hybridized carbons (Fsp3) is 0.263. The molecule has 1 atom stereocenters. The molecule has 7 heteroatoms. The summed E-state index contributed by atoms with van der Waals surface area (Å²) in [5.41, 5.74) is 1.44. The molecule has 5 nitrogen and oxygen atoms in total. The molecular weight excluding hydrogens is 355 g/mol. The van der Waals surface area contributed by atoms with Gasteiger partial charge >= 0.3 is 4.87 Å². The Hall–Kier alpha value is -2.67. The third-order valence-corrected chi connectivity index (χ3v) is 4.81. The quantitative estimate of drug-likeness (QED) is 0.728. The zero-order valence-electron chi connectivity index (χ0n) is 14.7. The van der Waals surface area contributed by atoms with Crippen molar-refractivity contribution in [1.29, 1.82) is 0 Å². The number of amides is 1. The molecule has 1 aromatic heterocycles. The van der Waals surface area contributed by atoms with Gasteiger partial charge in [-0.1, -0.05) is 11.3 Å². The predicted molar refractivity (Wildman–Crippen MR) is 102 cm³/mol. The summed E-state index contributed by atoms with van der Waals surface area (Å²) in [5, 5.41) is 2.78. The van der Waals surface area contributed by atoms with Gasteiger partial charge in [0.25, 0.3) is 5.91 Å². The van der Waals surface area contributed by atoms with Crippen LogP contribution in [-0.2, 0) is 4.79 Å². The molecule has 0 aliphatic carbocycles. The lowest BCUT2D eigenvalue weighted by atomic mass is 10.2. The summed E-state index contributed by atoms with van der Waals surface area (Å²) in [5.74, 6) is -0.281. The second-order valence-corrected chi connectivity index (χ2v) is 7.21. The van der Waals surface area contributed by atoms with Crippen LogP contribution in [0.25, 0.3) is 10.2 Å². The highest BCUT2D eigenvalue weighted by atomic mass is 32.1. The van der Waals surface area contributed by atoms with Crippen LogP contribution < -0.4 is 14.9 Å². The monoisotopic (exact) mass is 374 g/mol. The lowest BCUT2D eigenvalue weighted by Gasteiger charge is -2.15. The first-order valence-corrected chi connectivity index (χ1v) is 9.05. The maximum Gasteiger partial charge on any atom is 0.308 e. The summed E-state index contributed by atoms with van der Waals surface area (Å²) >= 11 is 1.15. The number of aromatic nitrogens is 1. The van der Waals surface area contributed by atoms with Crippen LogP contribution in [0, 0.1) is 5.82 Å². The number of carbonyl (C=O) groups excluding carboxylic acids is 1. The van der Waals surface area contributed by atoms with Gasteiger partial charge in [0.1, 0.15) is 11.6 Å². The summed E-state index contributed by atoms with van der Waals surface area (Å²) in [6.45, 7) is 5.53. The van der Waals surface area contributed by atoms with Gasteiger partial charge in [-0.15, -0.1) is 0 Å². The molecule has 0 saturated carbocycles. The zero-order chi connectivity index (χ0) is 18.8. The van der Waals surface area contributed by atoms with E-state index in [1.807, 2.05) is 19.9 Å². The Morgan fingerprint density at radius 2 is 1.85 bits per heavy atom. The lowest BCUT2D eigenvalue weighted by molar-refractivity contribution is -0.122. The zero-order valence-corrected chi connectivity index (χ0v) is 15.5. The van der Waals surface area contributed by atoms with E-state index in [9.17, 15) is 14.0 Å². The van der Waals surface area contributed by atoms with E-state index in [2.05, 4.69) is 5.32 Å². The Balaban J connectivity index is 1.74. The van der Waals surface area contributed by atoms with Gasteiger partial charge in [0.05, 0.1) is 10.2 Å². The largest absolute Gasteiger partial charge is 0.481 e. The van der Waals surface area contributed by atoms with Gasteiger partial charge in [-0.05, 0) is 63.2 Å². The van der Waals surface area contributed by atoms with Crippen molar-refractivity contribution in [3.63, 3.8) is 0 Å². The van der Waals surface area contributed by atoms with Gasteiger partial charge in [-0.2, -0.15) is 0 Å². The summed E-state index contributed by atoms with van der Waals surface area (Å²) < 4.78 is 21.0. The Morgan fingerprint density at radius 1 is 1.15 bits per heavy atom. The van der Waals surface area contributed by atoms with Gasteiger partial charge in [-0.25, -0.2) is 4.39 Å². The van der Waals surface area contributed by atoms with Gasteiger partial charge in [0.15, 0.2) is 6.10 Å². The summed E-state index contributed by atoms with van der Waals surface area (Å²) in [7, 11) is 0. The summed E-state index contributed by atoms with van der Waals surface area (Å²) in [4.78, 5) is 24.4. The molecule has 1 N–H and O–H groups in total. The first-order chi connectivity index (χ1) is 12.3. The fourth-order valence-corrected chi connectivity index (χ4v) is 3.67. The average Bonchev–Trinajstić information content (AvgIpc) is 2.92. The molecule has 0 fully saturated rings. The van der Waals surface area contributed by atoms with E-state index >= 15 is 0 Å². The van der Waals surface area contributed by atoms with Gasteiger partial charge in [0.2, 0.25) is 0 Å². The third-order valence-electron chi connectivity index (χ3n) is 3.89. The Kier molecular flexibility index (Phi) is 5.08. The molecular formula is C19H19FN2O3S. The molecule has 26 heavy (non-hydrogen) atoms. The van der Waals surface area contributed by atoms with E-state index in [-0.39, 0.29) is 22.6 Å². The average molecular weight is 374 g/mol. The number of halogens is 1. The van der Waals surface area contributed by atoms with Crippen molar-refractivity contribution in [3.8, 4) is 5.75 Å². The SMILES string of the molecule is CC(Oc1ccc(F)cc1)C(=O)Nc1ccc2c(c1)sc(=O)n2C(C)C. The molecule has 0 spiro atoms. The Morgan fingerprint density at radius 3 is 2.50 bits per heavy atom. The van der Waals surface area contributed by atoms with E-state index in [0.717, 1.165) is 21.6 Å². The lowest BCUT2D eigenvalue weighted by Crippen LogP contribution is -2.30. The molecule has 3 aromatic rings. The number of hydrogen-bond acceptors (Lipinski definition) is 4. The van der Waals surface area contributed by atoms with Crippen molar-refractivity contribution in [2.75, 3.05) is 5.32 Å². The van der Waals surface area contributed by atoms with Gasteiger partial charge in [-0.3, -0.25) is 14.2 Å². The van der Waals surface area contributed by atoms with E-state index in [1.54, 1.807) is 23.6 Å². The highest BCUT2D eigenvalue weighted by Crippen LogP contribution is 2.24. The number of ether oxygens (including phenoxy) is 1. The standard InChI is InChI=1S/C19H19FN2O3S/c1-11(2)22-16-9-6-14(10-17(16)26-19(22)24)21-18(23)12(3)25-15-7-4-13(20)5-8-15/h4-12H,1-3H3,(H,21,23). The van der Waals surface area contributed by atoms with E-state index in [1.165, 1.54) is 24.3 Å². The molecule has 1 amide bonds. The van der Waals surface area contributed by atoms with Crippen LogP contribution in [0.15, 0.2) is 47.3 Å². The minimum atomic E-state index is -0.754. The van der Waals surface area contributed by atoms with Crippen LogP contribution >= 0.6 is 11.3 Å². The second kappa shape index (κ2) is 7.29. The Bertz CT molecular complexity index is 992. The second-order valence-electron chi connectivity index (χ2n) is 6.22. The Labute approximate surface area is 154 Å². The van der Waals surface area contributed by atoms with E-state index < -0.39 is 6.10 Å². The molecule has 0 aliphatic rings. The maximum atomic E-state index is 12.9. The van der Waals surface area contributed by atoms with E-state index in [4.69, 9.17) is 4.74 Å². The normalized spacial score (nSPS) is 12.3. The number of fused-ring (bicyclic) bond motifs is 1. The first kappa shape index (κ1) is 18.1. The van der Waals surface area contributed by atoms with Crippen LogP contribution in [0.2, 0.25) is 0 Å². The minimum absolute atomic E-state index is 0.0218. The fourth-order valence-electron chi connectivity index (χ4n) is 2.62. The van der Waals surface area contributed by atoms with Crippen LogP contribution in [0.5, 0.6) is 5.75 Å². The number of thiazole rings is 1. The molecule has 0 bridgehead atoms. The highest BCUT2D eigenvalue weighted by molar-refractivity contribution is 7.16. The van der Waals surface area contributed by atoms with Gasteiger partial charge in [0, 0.05) is 11.7 Å². The maximum absolute atomic E-state index is 12.9.